The number of esters is 4. The third-order valence-corrected chi connectivity index (χ3v) is 4.51. The molecule has 1 aromatic rings. The summed E-state index contributed by atoms with van der Waals surface area (Å²) in [7, 11) is 0. The van der Waals surface area contributed by atoms with E-state index in [1.165, 1.54) is 13.8 Å². The largest absolute Gasteiger partial charge is 0.463 e. The van der Waals surface area contributed by atoms with Gasteiger partial charge in [-0.2, -0.15) is 0 Å². The summed E-state index contributed by atoms with van der Waals surface area (Å²) in [4.78, 5) is 59.3. The first-order valence-corrected chi connectivity index (χ1v) is 10.2. The third kappa shape index (κ3) is 8.19. The molecule has 0 radical (unpaired) electrons. The van der Waals surface area contributed by atoms with Gasteiger partial charge in [0, 0.05) is 27.7 Å². The summed E-state index contributed by atoms with van der Waals surface area (Å²) in [5, 5.41) is 2.53. The van der Waals surface area contributed by atoms with Crippen molar-refractivity contribution in [3.8, 4) is 0 Å². The van der Waals surface area contributed by atoms with Crippen LogP contribution in [-0.4, -0.2) is 67.0 Å². The highest BCUT2D eigenvalue weighted by atomic mass is 16.7. The lowest BCUT2D eigenvalue weighted by molar-refractivity contribution is -0.271. The Kier molecular flexibility index (Phi) is 9.34. The number of ether oxygens (including phenoxy) is 5. The fraction of sp³-hybridized carbons (Fsp3) is 0.500. The molecule has 5 atom stereocenters. The molecule has 0 aromatic heterocycles. The van der Waals surface area contributed by atoms with Gasteiger partial charge in [-0.3, -0.25) is 24.0 Å². The molecule has 1 fully saturated rings. The molecule has 1 heterocycles. The average Bonchev–Trinajstić information content (AvgIpc) is 2.70. The maximum Gasteiger partial charge on any atom is 0.312 e. The molecule has 0 bridgehead atoms. The normalized spacial score (nSPS) is 24.2. The monoisotopic (exact) mass is 465 g/mol. The van der Waals surface area contributed by atoms with Crippen LogP contribution in [0.4, 0.5) is 0 Å². The molecule has 11 nitrogen and oxygen atoms in total. The molecule has 1 aromatic carbocycles. The Hall–Kier alpha value is -3.47. The summed E-state index contributed by atoms with van der Waals surface area (Å²) < 4.78 is 26.9. The SMILES string of the molecule is CC(=O)N[C@@H]1[C@H](OC(=O)Cc2ccccc2)O[C@H](COC(C)=O)[C@@H](OC(C)=O)[C@@H]1OC(C)=O. The highest BCUT2D eigenvalue weighted by Gasteiger charge is 2.52. The summed E-state index contributed by atoms with van der Waals surface area (Å²) in [5.41, 5.74) is 0.681. The second-order valence-electron chi connectivity index (χ2n) is 7.37. The van der Waals surface area contributed by atoms with E-state index in [4.69, 9.17) is 23.7 Å². The van der Waals surface area contributed by atoms with Gasteiger partial charge in [-0.05, 0) is 5.56 Å². The lowest BCUT2D eigenvalue weighted by Crippen LogP contribution is -2.66. The van der Waals surface area contributed by atoms with Crippen LogP contribution in [0, 0.1) is 0 Å². The zero-order chi connectivity index (χ0) is 24.5. The molecule has 33 heavy (non-hydrogen) atoms. The van der Waals surface area contributed by atoms with E-state index in [2.05, 4.69) is 5.32 Å². The number of hydrogen-bond acceptors (Lipinski definition) is 10. The summed E-state index contributed by atoms with van der Waals surface area (Å²) in [6.07, 6.45) is -5.22. The van der Waals surface area contributed by atoms with Gasteiger partial charge in [0.1, 0.15) is 18.8 Å². The maximum atomic E-state index is 12.6. The average molecular weight is 465 g/mol. The topological polar surface area (TPSA) is 144 Å². The number of amides is 1. The number of carbonyl (C=O) groups excluding carboxylic acids is 5. The highest BCUT2D eigenvalue weighted by molar-refractivity contribution is 5.75. The van der Waals surface area contributed by atoms with Gasteiger partial charge in [0.15, 0.2) is 12.2 Å². The Morgan fingerprint density at radius 1 is 0.848 bits per heavy atom. The van der Waals surface area contributed by atoms with E-state index < -0.39 is 60.4 Å². The molecule has 1 saturated heterocycles. The van der Waals surface area contributed by atoms with Gasteiger partial charge in [0.05, 0.1) is 6.42 Å². The lowest BCUT2D eigenvalue weighted by atomic mass is 9.96. The van der Waals surface area contributed by atoms with Crippen molar-refractivity contribution in [3.63, 3.8) is 0 Å². The molecule has 0 spiro atoms. The molecule has 180 valence electrons. The summed E-state index contributed by atoms with van der Waals surface area (Å²) in [6, 6.07) is 7.57. The molecular formula is C22H27NO10. The predicted octanol–water partition coefficient (Wildman–Crippen LogP) is 0.428. The van der Waals surface area contributed by atoms with Crippen molar-refractivity contribution in [2.75, 3.05) is 6.61 Å². The van der Waals surface area contributed by atoms with E-state index in [9.17, 15) is 24.0 Å². The smallest absolute Gasteiger partial charge is 0.312 e. The van der Waals surface area contributed by atoms with Crippen LogP contribution in [-0.2, 0) is 54.1 Å². The molecule has 11 heteroatoms. The first-order valence-electron chi connectivity index (χ1n) is 10.2. The van der Waals surface area contributed by atoms with Crippen LogP contribution >= 0.6 is 0 Å². The first kappa shape index (κ1) is 25.8. The van der Waals surface area contributed by atoms with Crippen LogP contribution in [0.2, 0.25) is 0 Å². The van der Waals surface area contributed by atoms with Gasteiger partial charge in [-0.1, -0.05) is 30.3 Å². The van der Waals surface area contributed by atoms with Crippen molar-refractivity contribution in [1.29, 1.82) is 0 Å². The minimum Gasteiger partial charge on any atom is -0.463 e. The molecule has 0 aliphatic carbocycles. The van der Waals surface area contributed by atoms with Gasteiger partial charge in [-0.25, -0.2) is 0 Å². The van der Waals surface area contributed by atoms with Gasteiger partial charge >= 0.3 is 23.9 Å². The van der Waals surface area contributed by atoms with E-state index >= 15 is 0 Å². The van der Waals surface area contributed by atoms with E-state index in [1.807, 2.05) is 0 Å². The van der Waals surface area contributed by atoms with E-state index in [1.54, 1.807) is 30.3 Å². The van der Waals surface area contributed by atoms with Crippen LogP contribution < -0.4 is 5.32 Å². The molecule has 1 aliphatic rings. The summed E-state index contributed by atoms with van der Waals surface area (Å²) >= 11 is 0. The van der Waals surface area contributed by atoms with Crippen LogP contribution in [0.3, 0.4) is 0 Å². The number of nitrogens with one attached hydrogen (secondary N) is 1. The van der Waals surface area contributed by atoms with Crippen LogP contribution in [0.5, 0.6) is 0 Å². The van der Waals surface area contributed by atoms with E-state index in [0.29, 0.717) is 5.56 Å². The van der Waals surface area contributed by atoms with Gasteiger partial charge in [0.2, 0.25) is 12.2 Å². The zero-order valence-electron chi connectivity index (χ0n) is 18.8. The van der Waals surface area contributed by atoms with Gasteiger partial charge in [-0.15, -0.1) is 0 Å². The fourth-order valence-electron chi connectivity index (χ4n) is 3.33. The zero-order valence-corrected chi connectivity index (χ0v) is 18.8. The highest BCUT2D eigenvalue weighted by Crippen LogP contribution is 2.28. The molecular weight excluding hydrogens is 438 g/mol. The Labute approximate surface area is 190 Å². The Morgan fingerprint density at radius 2 is 1.45 bits per heavy atom. The maximum absolute atomic E-state index is 12.6. The van der Waals surface area contributed by atoms with E-state index in [0.717, 1.165) is 13.8 Å². The molecule has 1 N–H and O–H groups in total. The van der Waals surface area contributed by atoms with Crippen molar-refractivity contribution < 1.29 is 47.7 Å². The molecule has 0 saturated carbocycles. The van der Waals surface area contributed by atoms with Crippen molar-refractivity contribution in [2.45, 2.75) is 64.8 Å². The minimum atomic E-state index is -1.43. The Morgan fingerprint density at radius 3 is 2.00 bits per heavy atom. The third-order valence-electron chi connectivity index (χ3n) is 4.51. The number of hydrogen-bond donors (Lipinski definition) is 1. The predicted molar refractivity (Wildman–Crippen MR) is 110 cm³/mol. The van der Waals surface area contributed by atoms with Crippen molar-refractivity contribution >= 4 is 29.8 Å². The van der Waals surface area contributed by atoms with Crippen molar-refractivity contribution in [3.05, 3.63) is 35.9 Å². The standard InChI is InChI=1S/C22H27NO10/c1-12(24)23-19-21(31-15(4)27)20(30-14(3)26)17(11-29-13(2)25)32-22(19)33-18(28)10-16-8-6-5-7-9-16/h5-9,17,19-22H,10-11H2,1-4H3,(H,23,24)/t17-,19+,20-,21-,22+/m1/s1. The quantitative estimate of drug-likeness (QED) is 0.424. The Bertz CT molecular complexity index is 871. The second kappa shape index (κ2) is 12.0. The molecule has 1 amide bonds. The van der Waals surface area contributed by atoms with Crippen LogP contribution in [0.1, 0.15) is 33.3 Å². The molecule has 1 aliphatic heterocycles. The van der Waals surface area contributed by atoms with E-state index in [-0.39, 0.29) is 13.0 Å². The van der Waals surface area contributed by atoms with Crippen molar-refractivity contribution in [1.82, 2.24) is 5.32 Å². The second-order valence-corrected chi connectivity index (χ2v) is 7.37. The van der Waals surface area contributed by atoms with Gasteiger partial charge in [0.25, 0.3) is 0 Å². The van der Waals surface area contributed by atoms with Gasteiger partial charge < -0.3 is 29.0 Å². The number of carbonyl (C=O) groups is 5. The fourth-order valence-corrected chi connectivity index (χ4v) is 3.33. The summed E-state index contributed by atoms with van der Waals surface area (Å²) in [6.45, 7) is 4.25. The summed E-state index contributed by atoms with van der Waals surface area (Å²) in [5.74, 6) is -3.32. The molecule has 0 unspecified atom stereocenters. The number of rotatable bonds is 8. The lowest BCUT2D eigenvalue weighted by Gasteiger charge is -2.44. The minimum absolute atomic E-state index is 0.0896. The number of benzene rings is 1. The first-order chi connectivity index (χ1) is 15.6. The van der Waals surface area contributed by atoms with Crippen LogP contribution in [0.15, 0.2) is 30.3 Å². The molecule has 2 rings (SSSR count). The Balaban J connectivity index is 2.35. The van der Waals surface area contributed by atoms with Crippen LogP contribution in [0.25, 0.3) is 0 Å². The van der Waals surface area contributed by atoms with Crippen molar-refractivity contribution in [2.24, 2.45) is 0 Å².